The maximum absolute atomic E-state index is 13.5. The van der Waals surface area contributed by atoms with Gasteiger partial charge in [-0.15, -0.1) is 11.3 Å². The van der Waals surface area contributed by atoms with Crippen molar-refractivity contribution in [3.05, 3.63) is 56.7 Å². The molecule has 1 aromatic carbocycles. The molecule has 0 aliphatic carbocycles. The topological polar surface area (TPSA) is 41.1 Å². The summed E-state index contributed by atoms with van der Waals surface area (Å²) < 4.78 is 26.7. The zero-order valence-corrected chi connectivity index (χ0v) is 15.1. The Hall–Kier alpha value is -1.50. The first-order valence-electron chi connectivity index (χ1n) is 8.21. The van der Waals surface area contributed by atoms with Gasteiger partial charge in [-0.1, -0.05) is 17.7 Å². The molecule has 2 N–H and O–H groups in total. The number of amides is 1. The SMILES string of the molecule is O=C(CCc1cc(Cl)cs1)NC1CNCCC1c1ccc(F)c(F)c1. The Morgan fingerprint density at radius 2 is 2.16 bits per heavy atom. The average molecular weight is 385 g/mol. The van der Waals surface area contributed by atoms with E-state index in [2.05, 4.69) is 10.6 Å². The molecule has 1 aliphatic heterocycles. The van der Waals surface area contributed by atoms with Crippen LogP contribution in [0, 0.1) is 11.6 Å². The lowest BCUT2D eigenvalue weighted by Gasteiger charge is -2.33. The number of piperidine rings is 1. The van der Waals surface area contributed by atoms with Gasteiger partial charge in [0.05, 0.1) is 5.02 Å². The van der Waals surface area contributed by atoms with Gasteiger partial charge in [0.1, 0.15) is 0 Å². The molecule has 2 unspecified atom stereocenters. The number of thiophene rings is 1. The number of aryl methyl sites for hydroxylation is 1. The van der Waals surface area contributed by atoms with Gasteiger partial charge in [-0.05, 0) is 43.1 Å². The normalized spacial score (nSPS) is 20.4. The molecule has 2 aromatic rings. The van der Waals surface area contributed by atoms with E-state index in [1.165, 1.54) is 17.4 Å². The second-order valence-corrected chi connectivity index (χ2v) is 7.61. The number of nitrogens with one attached hydrogen (secondary N) is 2. The molecule has 0 bridgehead atoms. The lowest BCUT2D eigenvalue weighted by Crippen LogP contribution is -2.50. The predicted octanol–water partition coefficient (Wildman–Crippen LogP) is 3.87. The van der Waals surface area contributed by atoms with E-state index in [4.69, 9.17) is 11.6 Å². The third kappa shape index (κ3) is 4.77. The van der Waals surface area contributed by atoms with Gasteiger partial charge < -0.3 is 10.6 Å². The number of hydrogen-bond acceptors (Lipinski definition) is 3. The number of carbonyl (C=O) groups excluding carboxylic acids is 1. The molecule has 7 heteroatoms. The van der Waals surface area contributed by atoms with E-state index in [0.717, 1.165) is 29.5 Å². The first-order valence-corrected chi connectivity index (χ1v) is 9.46. The van der Waals surface area contributed by atoms with E-state index >= 15 is 0 Å². The van der Waals surface area contributed by atoms with Crippen molar-refractivity contribution in [2.24, 2.45) is 0 Å². The molecule has 0 saturated carbocycles. The van der Waals surface area contributed by atoms with Gasteiger partial charge in [0, 0.05) is 35.2 Å². The summed E-state index contributed by atoms with van der Waals surface area (Å²) in [5, 5.41) is 8.81. The fourth-order valence-corrected chi connectivity index (χ4v) is 4.23. The van der Waals surface area contributed by atoms with Crippen molar-refractivity contribution < 1.29 is 13.6 Å². The lowest BCUT2D eigenvalue weighted by atomic mass is 9.86. The highest BCUT2D eigenvalue weighted by molar-refractivity contribution is 7.10. The molecule has 0 radical (unpaired) electrons. The van der Waals surface area contributed by atoms with Crippen molar-refractivity contribution in [3.8, 4) is 0 Å². The zero-order chi connectivity index (χ0) is 17.8. The fraction of sp³-hybridized carbons (Fsp3) is 0.389. The summed E-state index contributed by atoms with van der Waals surface area (Å²) >= 11 is 7.42. The second kappa shape index (κ2) is 8.25. The van der Waals surface area contributed by atoms with E-state index < -0.39 is 11.6 Å². The van der Waals surface area contributed by atoms with Crippen molar-refractivity contribution in [3.63, 3.8) is 0 Å². The number of carbonyl (C=O) groups is 1. The quantitative estimate of drug-likeness (QED) is 0.821. The average Bonchev–Trinajstić information content (AvgIpc) is 3.02. The number of benzene rings is 1. The minimum absolute atomic E-state index is 0.0310. The maximum atomic E-state index is 13.5. The van der Waals surface area contributed by atoms with E-state index in [1.807, 2.05) is 11.4 Å². The summed E-state index contributed by atoms with van der Waals surface area (Å²) in [7, 11) is 0. The Bertz CT molecular complexity index is 752. The first-order chi connectivity index (χ1) is 12.0. The lowest BCUT2D eigenvalue weighted by molar-refractivity contribution is -0.122. The molecule has 1 amide bonds. The van der Waals surface area contributed by atoms with E-state index in [1.54, 1.807) is 6.07 Å². The standard InChI is InChI=1S/C18H19ClF2N2OS/c19-12-8-13(25-10-12)2-4-18(24)23-17-9-22-6-5-14(17)11-1-3-15(20)16(21)7-11/h1,3,7-8,10,14,17,22H,2,4-6,9H2,(H,23,24). The van der Waals surface area contributed by atoms with Gasteiger partial charge in [0.25, 0.3) is 0 Å². The Balaban J connectivity index is 1.62. The molecule has 0 spiro atoms. The largest absolute Gasteiger partial charge is 0.351 e. The Labute approximate surface area is 154 Å². The van der Waals surface area contributed by atoms with E-state index in [9.17, 15) is 13.6 Å². The van der Waals surface area contributed by atoms with Crippen molar-refractivity contribution in [2.45, 2.75) is 31.2 Å². The zero-order valence-electron chi connectivity index (χ0n) is 13.5. The van der Waals surface area contributed by atoms with Crippen LogP contribution in [-0.2, 0) is 11.2 Å². The Morgan fingerprint density at radius 3 is 2.88 bits per heavy atom. The van der Waals surface area contributed by atoms with Crippen LogP contribution < -0.4 is 10.6 Å². The third-order valence-corrected chi connectivity index (χ3v) is 5.76. The molecule has 1 fully saturated rings. The summed E-state index contributed by atoms with van der Waals surface area (Å²) in [6.07, 6.45) is 1.77. The molecule has 2 atom stereocenters. The molecular weight excluding hydrogens is 366 g/mol. The summed E-state index contributed by atoms with van der Waals surface area (Å²) in [6.45, 7) is 1.39. The third-order valence-electron chi connectivity index (χ3n) is 4.42. The van der Waals surface area contributed by atoms with Crippen LogP contribution in [0.4, 0.5) is 8.78 Å². The van der Waals surface area contributed by atoms with Crippen LogP contribution in [0.3, 0.4) is 0 Å². The molecule has 2 heterocycles. The second-order valence-electron chi connectivity index (χ2n) is 6.18. The number of halogens is 3. The molecule has 1 aliphatic rings. The van der Waals surface area contributed by atoms with Crippen LogP contribution in [0.2, 0.25) is 5.02 Å². The highest BCUT2D eigenvalue weighted by Gasteiger charge is 2.28. The Morgan fingerprint density at radius 1 is 1.32 bits per heavy atom. The van der Waals surface area contributed by atoms with Crippen LogP contribution >= 0.6 is 22.9 Å². The molecule has 134 valence electrons. The van der Waals surface area contributed by atoms with Gasteiger partial charge in [0.2, 0.25) is 5.91 Å². The van der Waals surface area contributed by atoms with Crippen molar-refractivity contribution in [1.29, 1.82) is 0 Å². The van der Waals surface area contributed by atoms with Crippen LogP contribution in [0.25, 0.3) is 0 Å². The van der Waals surface area contributed by atoms with Crippen molar-refractivity contribution in [1.82, 2.24) is 10.6 Å². The predicted molar refractivity (Wildman–Crippen MR) is 96.2 cm³/mol. The summed E-state index contributed by atoms with van der Waals surface area (Å²) in [6, 6.07) is 5.70. The maximum Gasteiger partial charge on any atom is 0.220 e. The summed E-state index contributed by atoms with van der Waals surface area (Å²) in [5.74, 6) is -1.79. The van der Waals surface area contributed by atoms with E-state index in [-0.39, 0.29) is 17.9 Å². The van der Waals surface area contributed by atoms with Crippen molar-refractivity contribution in [2.75, 3.05) is 13.1 Å². The Kier molecular flexibility index (Phi) is 6.04. The number of rotatable bonds is 5. The highest BCUT2D eigenvalue weighted by atomic mass is 35.5. The van der Waals surface area contributed by atoms with Crippen molar-refractivity contribution >= 4 is 28.8 Å². The van der Waals surface area contributed by atoms with Crippen LogP contribution in [0.5, 0.6) is 0 Å². The van der Waals surface area contributed by atoms with Gasteiger partial charge in [0.15, 0.2) is 11.6 Å². The fourth-order valence-electron chi connectivity index (χ4n) is 3.15. The highest BCUT2D eigenvalue weighted by Crippen LogP contribution is 2.27. The minimum Gasteiger partial charge on any atom is -0.351 e. The first kappa shape index (κ1) is 18.3. The minimum atomic E-state index is -0.854. The molecule has 25 heavy (non-hydrogen) atoms. The monoisotopic (exact) mass is 384 g/mol. The van der Waals surface area contributed by atoms with Crippen LogP contribution in [0.1, 0.15) is 29.2 Å². The van der Waals surface area contributed by atoms with Gasteiger partial charge in [-0.3, -0.25) is 4.79 Å². The van der Waals surface area contributed by atoms with Gasteiger partial charge in [-0.25, -0.2) is 8.78 Å². The smallest absolute Gasteiger partial charge is 0.220 e. The number of hydrogen-bond donors (Lipinski definition) is 2. The molecular formula is C18H19ClF2N2OS. The molecule has 3 nitrogen and oxygen atoms in total. The molecule has 1 aromatic heterocycles. The summed E-state index contributed by atoms with van der Waals surface area (Å²) in [5.41, 5.74) is 0.718. The van der Waals surface area contributed by atoms with Crippen LogP contribution in [-0.4, -0.2) is 25.0 Å². The molecule has 3 rings (SSSR count). The van der Waals surface area contributed by atoms with Crippen LogP contribution in [0.15, 0.2) is 29.6 Å². The molecule has 1 saturated heterocycles. The van der Waals surface area contributed by atoms with Gasteiger partial charge in [-0.2, -0.15) is 0 Å². The van der Waals surface area contributed by atoms with E-state index in [0.29, 0.717) is 24.4 Å². The van der Waals surface area contributed by atoms with Gasteiger partial charge >= 0.3 is 0 Å². The summed E-state index contributed by atoms with van der Waals surface area (Å²) in [4.78, 5) is 13.4.